The van der Waals surface area contributed by atoms with Crippen molar-refractivity contribution in [1.82, 2.24) is 5.12 Å². The molecule has 0 aromatic carbocycles. The van der Waals surface area contributed by atoms with Crippen molar-refractivity contribution in [2.24, 2.45) is 16.7 Å². The van der Waals surface area contributed by atoms with Gasteiger partial charge in [0.2, 0.25) is 0 Å². The number of allylic oxidation sites excluding steroid dienone is 1. The highest BCUT2D eigenvalue weighted by Gasteiger charge is 2.37. The largest absolute Gasteiger partial charge is 0.286 e. The van der Waals surface area contributed by atoms with Crippen molar-refractivity contribution in [1.29, 1.82) is 0 Å². The second-order valence-electron chi connectivity index (χ2n) is 2.83. The third-order valence-electron chi connectivity index (χ3n) is 1.84. The lowest BCUT2D eigenvalue weighted by Crippen LogP contribution is -2.46. The summed E-state index contributed by atoms with van der Waals surface area (Å²) in [6.45, 7) is -0.276. The average molecular weight is 268 g/mol. The number of amides is 1. The van der Waals surface area contributed by atoms with Gasteiger partial charge in [-0.1, -0.05) is 11.6 Å². The SMILES string of the molecule is NN(N)C(=O)C1=C([N+](=O)[O-])C(Cl)C(Cl)=NC1. The van der Waals surface area contributed by atoms with Gasteiger partial charge in [0.15, 0.2) is 5.38 Å². The molecule has 0 aliphatic carbocycles. The highest BCUT2D eigenvalue weighted by molar-refractivity contribution is 6.71. The van der Waals surface area contributed by atoms with Crippen LogP contribution in [-0.2, 0) is 4.79 Å². The fraction of sp³-hybridized carbons (Fsp3) is 0.333. The molecule has 0 spiro atoms. The number of dihydropyridines is 1. The maximum Gasteiger partial charge on any atom is 0.286 e. The predicted molar refractivity (Wildman–Crippen MR) is 57.0 cm³/mol. The highest BCUT2D eigenvalue weighted by atomic mass is 35.5. The van der Waals surface area contributed by atoms with Crippen molar-refractivity contribution < 1.29 is 9.72 Å². The van der Waals surface area contributed by atoms with Gasteiger partial charge in [0, 0.05) is 0 Å². The van der Waals surface area contributed by atoms with Gasteiger partial charge < -0.3 is 0 Å². The summed E-state index contributed by atoms with van der Waals surface area (Å²) in [6, 6.07) is 0. The lowest BCUT2D eigenvalue weighted by molar-refractivity contribution is -0.426. The Morgan fingerprint density at radius 3 is 2.62 bits per heavy atom. The van der Waals surface area contributed by atoms with Gasteiger partial charge in [-0.05, 0) is 0 Å². The second-order valence-corrected chi connectivity index (χ2v) is 3.66. The molecule has 16 heavy (non-hydrogen) atoms. The topological polar surface area (TPSA) is 128 Å². The van der Waals surface area contributed by atoms with Crippen LogP contribution < -0.4 is 11.7 Å². The molecule has 1 aliphatic rings. The van der Waals surface area contributed by atoms with E-state index in [-0.39, 0.29) is 22.4 Å². The molecule has 1 unspecified atom stereocenters. The van der Waals surface area contributed by atoms with E-state index in [1.54, 1.807) is 0 Å². The van der Waals surface area contributed by atoms with Crippen LogP contribution in [0.4, 0.5) is 0 Å². The minimum Gasteiger partial charge on any atom is -0.270 e. The van der Waals surface area contributed by atoms with E-state index in [2.05, 4.69) is 4.99 Å². The van der Waals surface area contributed by atoms with Crippen molar-refractivity contribution in [2.45, 2.75) is 5.38 Å². The zero-order chi connectivity index (χ0) is 12.5. The van der Waals surface area contributed by atoms with E-state index in [0.29, 0.717) is 0 Å². The van der Waals surface area contributed by atoms with Gasteiger partial charge in [-0.3, -0.25) is 19.9 Å². The molecule has 0 fully saturated rings. The third kappa shape index (κ3) is 2.30. The van der Waals surface area contributed by atoms with Crippen LogP contribution in [0, 0.1) is 10.1 Å². The fourth-order valence-corrected chi connectivity index (χ4v) is 1.56. The molecule has 0 saturated heterocycles. The Balaban J connectivity index is 3.21. The first-order valence-corrected chi connectivity index (χ1v) is 4.73. The summed E-state index contributed by atoms with van der Waals surface area (Å²) >= 11 is 11.2. The molecule has 10 heteroatoms. The Morgan fingerprint density at radius 2 is 2.19 bits per heavy atom. The van der Waals surface area contributed by atoms with Crippen LogP contribution >= 0.6 is 23.2 Å². The molecule has 1 amide bonds. The normalized spacial score (nSPS) is 20.5. The summed E-state index contributed by atoms with van der Waals surface area (Å²) in [5, 5.41) is 9.56. The van der Waals surface area contributed by atoms with Crippen molar-refractivity contribution >= 4 is 34.3 Å². The predicted octanol–water partition coefficient (Wildman–Crippen LogP) is -0.648. The van der Waals surface area contributed by atoms with Crippen LogP contribution in [0.3, 0.4) is 0 Å². The Hall–Kier alpha value is -1.22. The summed E-state index contributed by atoms with van der Waals surface area (Å²) in [7, 11) is 0. The summed E-state index contributed by atoms with van der Waals surface area (Å²) in [4.78, 5) is 25.0. The van der Waals surface area contributed by atoms with E-state index in [0.717, 1.165) is 0 Å². The number of nitro groups is 1. The number of carbonyl (C=O) groups excluding carboxylic acids is 1. The molecule has 0 aromatic rings. The van der Waals surface area contributed by atoms with Crippen molar-refractivity contribution in [3.8, 4) is 0 Å². The Bertz CT molecular complexity index is 405. The van der Waals surface area contributed by atoms with Crippen LogP contribution in [0.1, 0.15) is 0 Å². The molecule has 0 bridgehead atoms. The third-order valence-corrected chi connectivity index (χ3v) is 2.70. The second kappa shape index (κ2) is 4.74. The summed E-state index contributed by atoms with van der Waals surface area (Å²) in [6.07, 6.45) is 0. The summed E-state index contributed by atoms with van der Waals surface area (Å²) in [5.41, 5.74) is -0.827. The van der Waals surface area contributed by atoms with Gasteiger partial charge in [0.05, 0.1) is 11.5 Å². The monoisotopic (exact) mass is 267 g/mol. The van der Waals surface area contributed by atoms with Crippen LogP contribution in [0.5, 0.6) is 0 Å². The molecular formula is C6H7Cl2N5O3. The van der Waals surface area contributed by atoms with E-state index in [1.165, 1.54) is 0 Å². The number of carbonyl (C=O) groups is 1. The van der Waals surface area contributed by atoms with Crippen LogP contribution in [0.2, 0.25) is 0 Å². The lowest BCUT2D eigenvalue weighted by atomic mass is 10.1. The molecule has 88 valence electrons. The number of hydrazine groups is 2. The lowest BCUT2D eigenvalue weighted by Gasteiger charge is -2.17. The number of alkyl halides is 1. The van der Waals surface area contributed by atoms with Crippen LogP contribution in [0.15, 0.2) is 16.3 Å². The van der Waals surface area contributed by atoms with Gasteiger partial charge >= 0.3 is 0 Å². The van der Waals surface area contributed by atoms with Gasteiger partial charge in [0.25, 0.3) is 11.6 Å². The molecule has 0 aromatic heterocycles. The molecule has 1 heterocycles. The van der Waals surface area contributed by atoms with Crippen molar-refractivity contribution in [3.05, 3.63) is 21.4 Å². The first kappa shape index (κ1) is 12.8. The Morgan fingerprint density at radius 1 is 1.62 bits per heavy atom. The van der Waals surface area contributed by atoms with Crippen LogP contribution in [-0.4, -0.2) is 33.0 Å². The number of hydrogen-bond acceptors (Lipinski definition) is 6. The highest BCUT2D eigenvalue weighted by Crippen LogP contribution is 2.24. The number of halogens is 2. The molecule has 0 radical (unpaired) electrons. The standard InChI is InChI=1S/C6H7Cl2N5O3/c7-3-4(13(15)16)2(1-11-5(3)8)6(14)12(9)10/h3H,1,9-10H2. The number of aliphatic imine (C=N–C) groups is 1. The van der Waals surface area contributed by atoms with Gasteiger partial charge in [-0.25, -0.2) is 16.8 Å². The van der Waals surface area contributed by atoms with Crippen molar-refractivity contribution in [2.75, 3.05) is 6.54 Å². The van der Waals surface area contributed by atoms with E-state index in [4.69, 9.17) is 34.9 Å². The fourth-order valence-electron chi connectivity index (χ4n) is 1.12. The molecular weight excluding hydrogens is 261 g/mol. The maximum absolute atomic E-state index is 11.4. The van der Waals surface area contributed by atoms with Gasteiger partial charge in [-0.15, -0.1) is 11.6 Å². The average Bonchev–Trinajstić information content (AvgIpc) is 2.20. The molecule has 0 saturated carbocycles. The number of nitrogens with two attached hydrogens (primary N) is 2. The minimum atomic E-state index is -1.27. The quantitative estimate of drug-likeness (QED) is 0.226. The van der Waals surface area contributed by atoms with E-state index in [1.807, 2.05) is 0 Å². The van der Waals surface area contributed by atoms with E-state index < -0.39 is 21.9 Å². The summed E-state index contributed by atoms with van der Waals surface area (Å²) < 4.78 is 0. The zero-order valence-electron chi connectivity index (χ0n) is 7.76. The molecule has 8 nitrogen and oxygen atoms in total. The smallest absolute Gasteiger partial charge is 0.270 e. The Labute approximate surface area is 99.6 Å². The number of hydrogen-bond donors (Lipinski definition) is 2. The first-order valence-electron chi connectivity index (χ1n) is 3.91. The van der Waals surface area contributed by atoms with Crippen molar-refractivity contribution in [3.63, 3.8) is 0 Å². The first-order chi connectivity index (χ1) is 7.36. The van der Waals surface area contributed by atoms with E-state index in [9.17, 15) is 14.9 Å². The molecule has 1 atom stereocenters. The van der Waals surface area contributed by atoms with Crippen LogP contribution in [0.25, 0.3) is 0 Å². The zero-order valence-corrected chi connectivity index (χ0v) is 9.27. The maximum atomic E-state index is 11.4. The number of nitrogens with zero attached hydrogens (tertiary/aromatic N) is 3. The molecule has 4 N–H and O–H groups in total. The van der Waals surface area contributed by atoms with E-state index >= 15 is 0 Å². The van der Waals surface area contributed by atoms with Gasteiger partial charge in [-0.2, -0.15) is 0 Å². The Kier molecular flexibility index (Phi) is 3.81. The minimum absolute atomic E-state index is 0.148. The number of rotatable bonds is 2. The molecule has 1 rings (SSSR count). The molecule has 1 aliphatic heterocycles. The summed E-state index contributed by atoms with van der Waals surface area (Å²) in [5.74, 6) is 9.05. The van der Waals surface area contributed by atoms with Gasteiger partial charge in [0.1, 0.15) is 10.7 Å².